The summed E-state index contributed by atoms with van der Waals surface area (Å²) in [5, 5.41) is 0. The SMILES string of the molecule is CCCCOC(=O)c1ccccc1N1C(=O)[C@@H]2C3c4ccccc4C(c4ccccc43)[C@@H]2C1=O. The van der Waals surface area contributed by atoms with E-state index in [1.807, 2.05) is 31.2 Å². The van der Waals surface area contributed by atoms with Crippen LogP contribution in [0.4, 0.5) is 5.69 Å². The first kappa shape index (κ1) is 20.8. The Hall–Kier alpha value is -3.73. The van der Waals surface area contributed by atoms with E-state index in [2.05, 4.69) is 24.3 Å². The highest BCUT2D eigenvalue weighted by Crippen LogP contribution is 2.61. The molecule has 3 aliphatic carbocycles. The van der Waals surface area contributed by atoms with Crippen molar-refractivity contribution in [1.82, 2.24) is 0 Å². The van der Waals surface area contributed by atoms with Crippen molar-refractivity contribution < 1.29 is 19.1 Å². The molecule has 4 aliphatic rings. The fourth-order valence-corrected chi connectivity index (χ4v) is 6.14. The first-order valence-electron chi connectivity index (χ1n) is 11.9. The number of amides is 2. The molecule has 0 N–H and O–H groups in total. The molecule has 34 heavy (non-hydrogen) atoms. The summed E-state index contributed by atoms with van der Waals surface area (Å²) in [6.45, 7) is 2.33. The van der Waals surface area contributed by atoms with E-state index >= 15 is 0 Å². The molecule has 1 heterocycles. The van der Waals surface area contributed by atoms with Crippen LogP contribution in [0.15, 0.2) is 72.8 Å². The van der Waals surface area contributed by atoms with Crippen molar-refractivity contribution >= 4 is 23.5 Å². The van der Waals surface area contributed by atoms with Gasteiger partial charge < -0.3 is 4.74 Å². The maximum atomic E-state index is 13.9. The number of anilines is 1. The quantitative estimate of drug-likeness (QED) is 0.310. The zero-order chi connectivity index (χ0) is 23.4. The summed E-state index contributed by atoms with van der Waals surface area (Å²) in [5.41, 5.74) is 5.08. The maximum absolute atomic E-state index is 13.9. The zero-order valence-corrected chi connectivity index (χ0v) is 18.9. The minimum atomic E-state index is -0.505. The normalized spacial score (nSPS) is 24.0. The van der Waals surface area contributed by atoms with E-state index in [0.29, 0.717) is 12.3 Å². The van der Waals surface area contributed by atoms with Crippen LogP contribution in [0.3, 0.4) is 0 Å². The Morgan fingerprint density at radius 2 is 1.24 bits per heavy atom. The minimum Gasteiger partial charge on any atom is -0.462 e. The first-order chi connectivity index (χ1) is 16.6. The topological polar surface area (TPSA) is 63.7 Å². The maximum Gasteiger partial charge on any atom is 0.340 e. The summed E-state index contributed by atoms with van der Waals surface area (Å²) in [6, 6.07) is 23.1. The van der Waals surface area contributed by atoms with Gasteiger partial charge in [0.15, 0.2) is 0 Å². The second-order valence-corrected chi connectivity index (χ2v) is 9.28. The second kappa shape index (κ2) is 7.94. The Morgan fingerprint density at radius 1 is 0.765 bits per heavy atom. The van der Waals surface area contributed by atoms with Crippen molar-refractivity contribution in [2.75, 3.05) is 11.5 Å². The molecule has 2 amide bonds. The van der Waals surface area contributed by atoms with Crippen LogP contribution in [0.2, 0.25) is 0 Å². The molecule has 5 heteroatoms. The van der Waals surface area contributed by atoms with Crippen LogP contribution in [0, 0.1) is 11.8 Å². The van der Waals surface area contributed by atoms with Gasteiger partial charge in [0.25, 0.3) is 0 Å². The highest BCUT2D eigenvalue weighted by atomic mass is 16.5. The lowest BCUT2D eigenvalue weighted by atomic mass is 9.55. The van der Waals surface area contributed by atoms with Crippen LogP contribution in [0.1, 0.15) is 64.2 Å². The third-order valence-corrected chi connectivity index (χ3v) is 7.54. The number of esters is 1. The number of carbonyl (C=O) groups is 3. The Balaban J connectivity index is 1.45. The van der Waals surface area contributed by atoms with Crippen molar-refractivity contribution in [2.45, 2.75) is 31.6 Å². The summed E-state index contributed by atoms with van der Waals surface area (Å²) in [4.78, 5) is 42.0. The van der Waals surface area contributed by atoms with E-state index in [0.717, 1.165) is 35.1 Å². The number of hydrogen-bond donors (Lipinski definition) is 0. The second-order valence-electron chi connectivity index (χ2n) is 9.28. The molecule has 0 spiro atoms. The van der Waals surface area contributed by atoms with Crippen molar-refractivity contribution in [3.8, 4) is 0 Å². The van der Waals surface area contributed by atoms with Crippen LogP contribution in [0.25, 0.3) is 0 Å². The van der Waals surface area contributed by atoms with Gasteiger partial charge in [-0.2, -0.15) is 0 Å². The Morgan fingerprint density at radius 3 is 1.74 bits per heavy atom. The van der Waals surface area contributed by atoms with E-state index in [1.54, 1.807) is 24.3 Å². The fraction of sp³-hybridized carbons (Fsp3) is 0.276. The van der Waals surface area contributed by atoms with Gasteiger partial charge in [-0.05, 0) is 40.8 Å². The highest BCUT2D eigenvalue weighted by Gasteiger charge is 2.62. The number of carbonyl (C=O) groups excluding carboxylic acids is 3. The molecule has 0 saturated carbocycles. The number of hydrogen-bond acceptors (Lipinski definition) is 4. The lowest BCUT2D eigenvalue weighted by Crippen LogP contribution is -2.41. The van der Waals surface area contributed by atoms with Crippen LogP contribution >= 0.6 is 0 Å². The standard InChI is InChI=1S/C29H25NO4/c1-2-3-16-34-29(33)21-14-8-9-15-22(21)30-27(31)25-23-17-10-4-5-11-18(17)24(26(25)28(30)32)20-13-7-6-12-19(20)23/h4-15,23-26H,2-3,16H2,1H3/t23?,24?,25-,26+. The largest absolute Gasteiger partial charge is 0.462 e. The lowest BCUT2D eigenvalue weighted by molar-refractivity contribution is -0.122. The van der Waals surface area contributed by atoms with Gasteiger partial charge in [0.2, 0.25) is 11.8 Å². The molecule has 2 atom stereocenters. The molecule has 0 aromatic heterocycles. The number of unbranched alkanes of at least 4 members (excludes halogenated alkanes) is 1. The van der Waals surface area contributed by atoms with Crippen LogP contribution in [-0.4, -0.2) is 24.4 Å². The molecule has 3 aromatic carbocycles. The highest BCUT2D eigenvalue weighted by molar-refractivity contribution is 6.25. The number of para-hydroxylation sites is 1. The van der Waals surface area contributed by atoms with E-state index in [9.17, 15) is 14.4 Å². The molecule has 5 nitrogen and oxygen atoms in total. The van der Waals surface area contributed by atoms with Crippen molar-refractivity contribution in [3.05, 3.63) is 101 Å². The average Bonchev–Trinajstić information content (AvgIpc) is 3.14. The van der Waals surface area contributed by atoms with Crippen LogP contribution in [0.5, 0.6) is 0 Å². The Bertz CT molecular complexity index is 1210. The van der Waals surface area contributed by atoms with Gasteiger partial charge in [-0.15, -0.1) is 0 Å². The van der Waals surface area contributed by atoms with E-state index in [1.165, 1.54) is 4.90 Å². The van der Waals surface area contributed by atoms with Gasteiger partial charge >= 0.3 is 5.97 Å². The van der Waals surface area contributed by atoms with Gasteiger partial charge in [0.05, 0.1) is 29.7 Å². The number of ether oxygens (including phenoxy) is 1. The number of benzene rings is 3. The molecule has 1 saturated heterocycles. The summed E-state index contributed by atoms with van der Waals surface area (Å²) >= 11 is 0. The first-order valence-corrected chi connectivity index (χ1v) is 11.9. The van der Waals surface area contributed by atoms with Crippen molar-refractivity contribution in [3.63, 3.8) is 0 Å². The monoisotopic (exact) mass is 451 g/mol. The van der Waals surface area contributed by atoms with Gasteiger partial charge in [-0.1, -0.05) is 74.0 Å². The van der Waals surface area contributed by atoms with Gasteiger partial charge in [0, 0.05) is 11.8 Å². The molecule has 3 aromatic rings. The third-order valence-electron chi connectivity index (χ3n) is 7.54. The minimum absolute atomic E-state index is 0.174. The van der Waals surface area contributed by atoms with Gasteiger partial charge in [-0.25, -0.2) is 9.69 Å². The van der Waals surface area contributed by atoms with Crippen LogP contribution < -0.4 is 4.90 Å². The van der Waals surface area contributed by atoms with Crippen molar-refractivity contribution in [1.29, 1.82) is 0 Å². The van der Waals surface area contributed by atoms with Crippen LogP contribution in [-0.2, 0) is 14.3 Å². The molecular weight excluding hydrogens is 426 g/mol. The number of imide groups is 1. The molecule has 7 rings (SSSR count). The van der Waals surface area contributed by atoms with E-state index in [4.69, 9.17) is 4.74 Å². The molecule has 0 radical (unpaired) electrons. The zero-order valence-electron chi connectivity index (χ0n) is 18.9. The third kappa shape index (κ3) is 2.82. The molecule has 2 bridgehead atoms. The predicted octanol–water partition coefficient (Wildman–Crippen LogP) is 5.04. The molecule has 170 valence electrons. The van der Waals surface area contributed by atoms with Gasteiger partial charge in [-0.3, -0.25) is 9.59 Å². The van der Waals surface area contributed by atoms with Gasteiger partial charge in [0.1, 0.15) is 0 Å². The van der Waals surface area contributed by atoms with E-state index < -0.39 is 17.8 Å². The molecule has 1 aliphatic heterocycles. The smallest absolute Gasteiger partial charge is 0.340 e. The summed E-state index contributed by atoms with van der Waals surface area (Å²) in [7, 11) is 0. The lowest BCUT2D eigenvalue weighted by Gasteiger charge is -2.45. The van der Waals surface area contributed by atoms with Crippen molar-refractivity contribution in [2.24, 2.45) is 11.8 Å². The fourth-order valence-electron chi connectivity index (χ4n) is 6.14. The number of nitrogens with zero attached hydrogens (tertiary/aromatic N) is 1. The average molecular weight is 452 g/mol. The van der Waals surface area contributed by atoms with E-state index in [-0.39, 0.29) is 29.2 Å². The molecule has 1 fully saturated rings. The molecule has 0 unspecified atom stereocenters. The summed E-state index contributed by atoms with van der Waals surface area (Å²) in [5.74, 6) is -2.28. The summed E-state index contributed by atoms with van der Waals surface area (Å²) in [6.07, 6.45) is 1.67. The number of rotatable bonds is 5. The Labute approximate surface area is 198 Å². The molecular formula is C29H25NO4. The predicted molar refractivity (Wildman–Crippen MR) is 128 cm³/mol. The summed E-state index contributed by atoms with van der Waals surface area (Å²) < 4.78 is 5.43. The Kier molecular flexibility index (Phi) is 4.87.